The van der Waals surface area contributed by atoms with Crippen molar-refractivity contribution in [3.63, 3.8) is 0 Å². The van der Waals surface area contributed by atoms with Crippen LogP contribution < -0.4 is 10.6 Å². The van der Waals surface area contributed by atoms with Crippen molar-refractivity contribution in [3.8, 4) is 5.75 Å². The van der Waals surface area contributed by atoms with E-state index in [0.29, 0.717) is 19.4 Å². The van der Waals surface area contributed by atoms with E-state index in [4.69, 9.17) is 0 Å². The normalized spacial score (nSPS) is 16.1. The van der Waals surface area contributed by atoms with Gasteiger partial charge in [0.05, 0.1) is 12.0 Å². The van der Waals surface area contributed by atoms with Crippen molar-refractivity contribution in [2.45, 2.75) is 25.4 Å². The molecular weight excluding hydrogens is 356 g/mol. The number of nitrogens with one attached hydrogen (secondary N) is 2. The first-order valence-corrected chi connectivity index (χ1v) is 9.04. The molecule has 0 radical (unpaired) electrons. The molecule has 1 fully saturated rings. The van der Waals surface area contributed by atoms with Gasteiger partial charge in [-0.05, 0) is 23.3 Å². The van der Waals surface area contributed by atoms with E-state index in [9.17, 15) is 14.7 Å². The molecule has 3 aromatic rings. The van der Waals surface area contributed by atoms with Gasteiger partial charge in [-0.15, -0.1) is 0 Å². The topological polar surface area (TPSA) is 96.2 Å². The van der Waals surface area contributed by atoms with Crippen LogP contribution in [0.25, 0.3) is 0 Å². The quantitative estimate of drug-likeness (QED) is 0.573. The Kier molecular flexibility index (Phi) is 4.80. The lowest BCUT2D eigenvalue weighted by molar-refractivity contribution is -0.120. The van der Waals surface area contributed by atoms with Gasteiger partial charge in [0, 0.05) is 25.1 Å². The fraction of sp³-hybridized carbons (Fsp3) is 0.190. The van der Waals surface area contributed by atoms with Crippen molar-refractivity contribution in [1.82, 2.24) is 20.2 Å². The number of urea groups is 1. The van der Waals surface area contributed by atoms with Crippen molar-refractivity contribution in [2.24, 2.45) is 0 Å². The second-order valence-corrected chi connectivity index (χ2v) is 6.82. The minimum absolute atomic E-state index is 0.200. The summed E-state index contributed by atoms with van der Waals surface area (Å²) >= 11 is 0. The number of phenols is 1. The summed E-state index contributed by atoms with van der Waals surface area (Å²) in [4.78, 5) is 28.1. The second-order valence-electron chi connectivity index (χ2n) is 6.82. The summed E-state index contributed by atoms with van der Waals surface area (Å²) in [6, 6.07) is 15.9. The predicted octanol–water partition coefficient (Wildman–Crippen LogP) is 1.98. The van der Waals surface area contributed by atoms with Crippen LogP contribution in [0.4, 0.5) is 4.79 Å². The molecule has 1 aliphatic heterocycles. The molecule has 0 saturated carbocycles. The summed E-state index contributed by atoms with van der Waals surface area (Å²) in [5, 5.41) is 14.7. The van der Waals surface area contributed by atoms with Gasteiger partial charge in [0.2, 0.25) is 0 Å². The van der Waals surface area contributed by atoms with E-state index >= 15 is 0 Å². The fourth-order valence-corrected chi connectivity index (χ4v) is 3.41. The van der Waals surface area contributed by atoms with Crippen LogP contribution in [0.15, 0.2) is 60.9 Å². The van der Waals surface area contributed by atoms with Crippen molar-refractivity contribution in [3.05, 3.63) is 83.4 Å². The number of amides is 3. The lowest BCUT2D eigenvalue weighted by Gasteiger charge is -2.13. The average molecular weight is 376 g/mol. The average Bonchev–Trinajstić information content (AvgIpc) is 3.19. The van der Waals surface area contributed by atoms with E-state index in [-0.39, 0.29) is 11.7 Å². The molecule has 1 saturated heterocycles. The molecule has 1 atom stereocenters. The third-order valence-electron chi connectivity index (χ3n) is 4.77. The number of imidazole rings is 1. The van der Waals surface area contributed by atoms with Crippen molar-refractivity contribution < 1.29 is 14.7 Å². The predicted molar refractivity (Wildman–Crippen MR) is 103 cm³/mol. The van der Waals surface area contributed by atoms with Crippen LogP contribution in [-0.2, 0) is 24.2 Å². The molecule has 2 heterocycles. The largest absolute Gasteiger partial charge is 0.508 e. The number of carbonyl (C=O) groups excluding carboxylic acids is 2. The molecule has 3 N–H and O–H groups in total. The zero-order valence-electron chi connectivity index (χ0n) is 15.1. The molecule has 1 unspecified atom stereocenters. The maximum absolute atomic E-state index is 12.0. The Morgan fingerprint density at radius 2 is 1.82 bits per heavy atom. The van der Waals surface area contributed by atoms with Crippen LogP contribution in [0.3, 0.4) is 0 Å². The van der Waals surface area contributed by atoms with Gasteiger partial charge in [-0.3, -0.25) is 10.1 Å². The maximum atomic E-state index is 12.0. The third kappa shape index (κ3) is 3.88. The highest BCUT2D eigenvalue weighted by Gasteiger charge is 2.31. The highest BCUT2D eigenvalue weighted by atomic mass is 16.3. The van der Waals surface area contributed by atoms with Gasteiger partial charge in [0.25, 0.3) is 5.91 Å². The molecule has 0 aliphatic carbocycles. The Labute approximate surface area is 162 Å². The van der Waals surface area contributed by atoms with Crippen LogP contribution in [0, 0.1) is 0 Å². The maximum Gasteiger partial charge on any atom is 0.322 e. The minimum Gasteiger partial charge on any atom is -0.508 e. The van der Waals surface area contributed by atoms with Gasteiger partial charge in [0.15, 0.2) is 0 Å². The van der Waals surface area contributed by atoms with Crippen LogP contribution in [0.1, 0.15) is 22.5 Å². The van der Waals surface area contributed by atoms with Crippen LogP contribution >= 0.6 is 0 Å². The Morgan fingerprint density at radius 1 is 1.04 bits per heavy atom. The van der Waals surface area contributed by atoms with E-state index in [1.165, 1.54) is 0 Å². The Bertz CT molecular complexity index is 1010. The van der Waals surface area contributed by atoms with Gasteiger partial charge in [-0.2, -0.15) is 0 Å². The number of benzene rings is 2. The summed E-state index contributed by atoms with van der Waals surface area (Å²) in [6.45, 7) is 0.508. The lowest BCUT2D eigenvalue weighted by atomic mass is 10.0. The van der Waals surface area contributed by atoms with E-state index in [1.807, 2.05) is 41.0 Å². The number of rotatable bonds is 6. The summed E-state index contributed by atoms with van der Waals surface area (Å²) in [6.07, 6.45) is 2.72. The molecule has 28 heavy (non-hydrogen) atoms. The minimum atomic E-state index is -0.623. The molecule has 1 aliphatic rings. The standard InChI is InChI=1S/C21H20N4O3/c26-16-8-4-7-15(9-16)12-25-13-22-17(10-14-5-2-1-3-6-14)19(25)11-18-20(27)24-21(28)23-18/h1-9,13,18,26H,10-12H2,(H2,23,24,27,28). The molecular formula is C21H20N4O3. The zero-order chi connectivity index (χ0) is 19.5. The smallest absolute Gasteiger partial charge is 0.322 e. The Morgan fingerprint density at radius 3 is 2.54 bits per heavy atom. The first-order valence-electron chi connectivity index (χ1n) is 9.04. The van der Waals surface area contributed by atoms with Gasteiger partial charge in [-0.1, -0.05) is 42.5 Å². The molecule has 0 bridgehead atoms. The number of aromatic nitrogens is 2. The van der Waals surface area contributed by atoms with E-state index < -0.39 is 12.1 Å². The van der Waals surface area contributed by atoms with Gasteiger partial charge < -0.3 is 15.0 Å². The second kappa shape index (κ2) is 7.56. The van der Waals surface area contributed by atoms with Crippen molar-refractivity contribution >= 4 is 11.9 Å². The lowest BCUT2D eigenvalue weighted by Crippen LogP contribution is -2.32. The van der Waals surface area contributed by atoms with Crippen molar-refractivity contribution in [2.75, 3.05) is 0 Å². The fourth-order valence-electron chi connectivity index (χ4n) is 3.41. The highest BCUT2D eigenvalue weighted by molar-refractivity contribution is 6.04. The van der Waals surface area contributed by atoms with Gasteiger partial charge in [0.1, 0.15) is 11.8 Å². The number of phenolic OH excluding ortho intramolecular Hbond substituents is 1. The number of hydrogen-bond donors (Lipinski definition) is 3. The number of carbonyl (C=O) groups is 2. The van der Waals surface area contributed by atoms with Crippen LogP contribution in [-0.4, -0.2) is 32.6 Å². The third-order valence-corrected chi connectivity index (χ3v) is 4.77. The summed E-state index contributed by atoms with van der Waals surface area (Å²) < 4.78 is 1.96. The summed E-state index contributed by atoms with van der Waals surface area (Å²) in [5.74, 6) is -0.133. The van der Waals surface area contributed by atoms with Crippen LogP contribution in [0.5, 0.6) is 5.75 Å². The van der Waals surface area contributed by atoms with Gasteiger partial charge in [-0.25, -0.2) is 9.78 Å². The zero-order valence-corrected chi connectivity index (χ0v) is 15.1. The molecule has 142 valence electrons. The van der Waals surface area contributed by atoms with E-state index in [0.717, 1.165) is 22.5 Å². The molecule has 3 amide bonds. The molecule has 7 heteroatoms. The molecule has 0 spiro atoms. The Balaban J connectivity index is 1.65. The first-order chi connectivity index (χ1) is 13.6. The molecule has 1 aromatic heterocycles. The first kappa shape index (κ1) is 17.8. The SMILES string of the molecule is O=C1NC(=O)C(Cc2c(Cc3ccccc3)ncn2Cc2cccc(O)c2)N1. The number of hydrogen-bond acceptors (Lipinski definition) is 4. The van der Waals surface area contributed by atoms with Crippen LogP contribution in [0.2, 0.25) is 0 Å². The number of aromatic hydroxyl groups is 1. The molecule has 4 rings (SSSR count). The van der Waals surface area contributed by atoms with Gasteiger partial charge >= 0.3 is 6.03 Å². The number of nitrogens with zero attached hydrogens (tertiary/aromatic N) is 2. The summed E-state index contributed by atoms with van der Waals surface area (Å²) in [7, 11) is 0. The molecule has 7 nitrogen and oxygen atoms in total. The summed E-state index contributed by atoms with van der Waals surface area (Å²) in [5.41, 5.74) is 3.78. The Hall–Kier alpha value is -3.61. The molecule has 2 aromatic carbocycles. The van der Waals surface area contributed by atoms with E-state index in [2.05, 4.69) is 15.6 Å². The number of imide groups is 1. The van der Waals surface area contributed by atoms with Crippen molar-refractivity contribution in [1.29, 1.82) is 0 Å². The monoisotopic (exact) mass is 376 g/mol. The van der Waals surface area contributed by atoms with E-state index in [1.54, 1.807) is 24.5 Å². The highest BCUT2D eigenvalue weighted by Crippen LogP contribution is 2.19.